The quantitative estimate of drug-likeness (QED) is 0.520. The molecule has 1 saturated carbocycles. The highest BCUT2D eigenvalue weighted by molar-refractivity contribution is 7.99. The van der Waals surface area contributed by atoms with Gasteiger partial charge >= 0.3 is 0 Å². The first-order valence-corrected chi connectivity index (χ1v) is 9.24. The monoisotopic (exact) mass is 288 g/mol. The molecule has 3 aliphatic rings. The first-order chi connectivity index (χ1) is 8.79. The second-order valence-electron chi connectivity index (χ2n) is 6.40. The van der Waals surface area contributed by atoms with Crippen molar-refractivity contribution in [1.29, 1.82) is 0 Å². The summed E-state index contributed by atoms with van der Waals surface area (Å²) >= 11 is 8.74. The van der Waals surface area contributed by atoms with Gasteiger partial charge in [-0.05, 0) is 49.7 Å². The van der Waals surface area contributed by atoms with Gasteiger partial charge in [0.15, 0.2) is 0 Å². The molecule has 3 fully saturated rings. The number of thioether (sulfide) groups is 1. The molecular weight excluding hydrogens is 264 g/mol. The lowest BCUT2D eigenvalue weighted by molar-refractivity contribution is -0.0898. The predicted molar refractivity (Wildman–Crippen MR) is 79.6 cm³/mol. The Bertz CT molecular complexity index is 278. The minimum atomic E-state index is 0.233. The third-order valence-electron chi connectivity index (χ3n) is 5.19. The molecule has 2 heterocycles. The zero-order valence-corrected chi connectivity index (χ0v) is 12.8. The number of alkyl halides is 1. The van der Waals surface area contributed by atoms with Crippen LogP contribution in [0.5, 0.6) is 0 Å². The molecule has 0 radical (unpaired) electrons. The fourth-order valence-electron chi connectivity index (χ4n) is 4.12. The summed E-state index contributed by atoms with van der Waals surface area (Å²) in [5.41, 5.74) is 0.233. The van der Waals surface area contributed by atoms with E-state index in [0.717, 1.165) is 18.4 Å². The fourth-order valence-corrected chi connectivity index (χ4v) is 5.98. The van der Waals surface area contributed by atoms with E-state index in [1.54, 1.807) is 0 Å². The molecule has 1 aliphatic carbocycles. The highest BCUT2D eigenvalue weighted by atomic mass is 35.5. The Morgan fingerprint density at radius 3 is 2.83 bits per heavy atom. The smallest absolute Gasteiger partial charge is 0.0783 e. The number of ether oxygens (including phenoxy) is 1. The van der Waals surface area contributed by atoms with Crippen molar-refractivity contribution in [3.05, 3.63) is 0 Å². The van der Waals surface area contributed by atoms with Gasteiger partial charge in [0.1, 0.15) is 0 Å². The zero-order chi connectivity index (χ0) is 12.4. The van der Waals surface area contributed by atoms with Crippen molar-refractivity contribution in [3.8, 4) is 0 Å². The van der Waals surface area contributed by atoms with Crippen LogP contribution < -0.4 is 0 Å². The van der Waals surface area contributed by atoms with Gasteiger partial charge in [-0.25, -0.2) is 0 Å². The normalized spacial score (nSPS) is 46.2. The minimum absolute atomic E-state index is 0.233. The average Bonchev–Trinajstić information content (AvgIpc) is 2.70. The van der Waals surface area contributed by atoms with E-state index in [2.05, 4.69) is 11.8 Å². The van der Waals surface area contributed by atoms with Gasteiger partial charge in [-0.1, -0.05) is 19.3 Å². The van der Waals surface area contributed by atoms with Crippen LogP contribution in [0.3, 0.4) is 0 Å². The molecule has 2 aliphatic heterocycles. The van der Waals surface area contributed by atoms with Gasteiger partial charge in [-0.3, -0.25) is 0 Å². The van der Waals surface area contributed by atoms with Crippen molar-refractivity contribution in [2.75, 3.05) is 18.1 Å². The van der Waals surface area contributed by atoms with Gasteiger partial charge in [0.25, 0.3) is 0 Å². The topological polar surface area (TPSA) is 9.23 Å². The number of rotatable bonds is 1. The Kier molecular flexibility index (Phi) is 4.47. The van der Waals surface area contributed by atoms with E-state index in [0.29, 0.717) is 5.38 Å². The molecule has 18 heavy (non-hydrogen) atoms. The summed E-state index contributed by atoms with van der Waals surface area (Å²) < 4.78 is 6.15. The highest BCUT2D eigenvalue weighted by Gasteiger charge is 2.43. The summed E-state index contributed by atoms with van der Waals surface area (Å²) in [6.07, 6.45) is 10.5. The van der Waals surface area contributed by atoms with E-state index < -0.39 is 0 Å². The van der Waals surface area contributed by atoms with Crippen molar-refractivity contribution in [3.63, 3.8) is 0 Å². The van der Waals surface area contributed by atoms with E-state index in [1.807, 2.05) is 0 Å². The van der Waals surface area contributed by atoms with Crippen LogP contribution in [0.1, 0.15) is 51.4 Å². The second kappa shape index (κ2) is 5.93. The Morgan fingerprint density at radius 1 is 1.11 bits per heavy atom. The van der Waals surface area contributed by atoms with Gasteiger partial charge in [-0.15, -0.1) is 11.6 Å². The molecular formula is C15H25ClOS. The average molecular weight is 289 g/mol. The first kappa shape index (κ1) is 13.6. The van der Waals surface area contributed by atoms with E-state index in [1.165, 1.54) is 62.9 Å². The van der Waals surface area contributed by atoms with E-state index in [9.17, 15) is 0 Å². The zero-order valence-electron chi connectivity index (χ0n) is 11.2. The van der Waals surface area contributed by atoms with E-state index >= 15 is 0 Å². The minimum Gasteiger partial charge on any atom is -0.374 e. The van der Waals surface area contributed by atoms with Crippen LogP contribution in [0, 0.1) is 11.8 Å². The molecule has 3 heteroatoms. The van der Waals surface area contributed by atoms with Crippen molar-refractivity contribution >= 4 is 23.4 Å². The van der Waals surface area contributed by atoms with Crippen LogP contribution in [0.2, 0.25) is 0 Å². The summed E-state index contributed by atoms with van der Waals surface area (Å²) in [4.78, 5) is 0. The lowest BCUT2D eigenvalue weighted by Crippen LogP contribution is -2.43. The Hall–Kier alpha value is 0.600. The molecule has 0 bridgehead atoms. The van der Waals surface area contributed by atoms with Crippen LogP contribution in [0.15, 0.2) is 0 Å². The molecule has 0 aromatic heterocycles. The maximum Gasteiger partial charge on any atom is 0.0783 e. The molecule has 4 atom stereocenters. The van der Waals surface area contributed by atoms with Gasteiger partial charge in [0, 0.05) is 17.7 Å². The lowest BCUT2D eigenvalue weighted by Gasteiger charge is -2.42. The molecule has 4 unspecified atom stereocenters. The van der Waals surface area contributed by atoms with Gasteiger partial charge < -0.3 is 4.74 Å². The Balaban J connectivity index is 1.67. The number of hydrogen-bond acceptors (Lipinski definition) is 2. The summed E-state index contributed by atoms with van der Waals surface area (Å²) in [7, 11) is 0. The molecule has 104 valence electrons. The van der Waals surface area contributed by atoms with Crippen LogP contribution in [0.4, 0.5) is 0 Å². The predicted octanol–water partition coefficient (Wildman–Crippen LogP) is 4.48. The third kappa shape index (κ3) is 2.86. The number of halogens is 1. The molecule has 3 rings (SSSR count). The molecule has 1 nitrogen and oxygen atoms in total. The van der Waals surface area contributed by atoms with E-state index in [-0.39, 0.29) is 5.60 Å². The number of hydrogen-bond donors (Lipinski definition) is 0. The summed E-state index contributed by atoms with van der Waals surface area (Å²) in [5.74, 6) is 4.11. The third-order valence-corrected chi connectivity index (χ3v) is 6.95. The maximum absolute atomic E-state index is 6.67. The molecule has 2 saturated heterocycles. The Labute approximate surface area is 120 Å². The van der Waals surface area contributed by atoms with Crippen molar-refractivity contribution < 1.29 is 4.74 Å². The van der Waals surface area contributed by atoms with Crippen molar-refractivity contribution in [2.45, 2.75) is 62.3 Å². The van der Waals surface area contributed by atoms with Crippen molar-refractivity contribution in [2.24, 2.45) is 11.8 Å². The van der Waals surface area contributed by atoms with Crippen LogP contribution in [-0.4, -0.2) is 29.1 Å². The lowest BCUT2D eigenvalue weighted by atomic mass is 9.75. The van der Waals surface area contributed by atoms with Crippen LogP contribution in [-0.2, 0) is 4.74 Å². The maximum atomic E-state index is 6.67. The van der Waals surface area contributed by atoms with Gasteiger partial charge in [0.2, 0.25) is 0 Å². The molecule has 0 aromatic rings. The van der Waals surface area contributed by atoms with Gasteiger partial charge in [-0.2, -0.15) is 11.8 Å². The molecule has 1 spiro atoms. The molecule has 0 amide bonds. The molecule has 0 N–H and O–H groups in total. The first-order valence-electron chi connectivity index (χ1n) is 7.65. The van der Waals surface area contributed by atoms with E-state index in [4.69, 9.17) is 16.3 Å². The summed E-state index contributed by atoms with van der Waals surface area (Å²) in [6, 6.07) is 0. The van der Waals surface area contributed by atoms with Crippen LogP contribution >= 0.6 is 23.4 Å². The summed E-state index contributed by atoms with van der Waals surface area (Å²) in [5, 5.41) is 0.432. The SMILES string of the molecule is ClC1CCCCCC1C1CCOC2(CCSC2)C1. The van der Waals surface area contributed by atoms with Crippen LogP contribution in [0.25, 0.3) is 0 Å². The molecule has 0 aromatic carbocycles. The highest BCUT2D eigenvalue weighted by Crippen LogP contribution is 2.45. The van der Waals surface area contributed by atoms with Gasteiger partial charge in [0.05, 0.1) is 5.60 Å². The largest absolute Gasteiger partial charge is 0.374 e. The summed E-state index contributed by atoms with van der Waals surface area (Å²) in [6.45, 7) is 0.978. The second-order valence-corrected chi connectivity index (χ2v) is 8.07. The van der Waals surface area contributed by atoms with Crippen molar-refractivity contribution in [1.82, 2.24) is 0 Å². The fraction of sp³-hybridized carbons (Fsp3) is 1.00. The standard InChI is InChI=1S/C15H25ClOS/c16-14-5-3-1-2-4-13(14)12-6-8-17-15(10-12)7-9-18-11-15/h12-14H,1-11H2. The Morgan fingerprint density at radius 2 is 2.00 bits per heavy atom.